The molecular formula is C15H13N3O4S. The largest absolute Gasteiger partial charge is 0.434 e. The van der Waals surface area contributed by atoms with Crippen LogP contribution in [0.2, 0.25) is 0 Å². The third kappa shape index (κ3) is 3.21. The summed E-state index contributed by atoms with van der Waals surface area (Å²) in [7, 11) is -3.36. The molecule has 0 spiro atoms. The van der Waals surface area contributed by atoms with Crippen molar-refractivity contribution < 1.29 is 17.6 Å². The molecule has 1 aromatic carbocycles. The zero-order chi connectivity index (χ0) is 16.4. The predicted molar refractivity (Wildman–Crippen MR) is 85.7 cm³/mol. The number of hydrogen-bond donors (Lipinski definition) is 1. The maximum atomic E-state index is 11.6. The number of fused-ring (bicyclic) bond motifs is 1. The van der Waals surface area contributed by atoms with Crippen LogP contribution in [0.4, 0.5) is 5.69 Å². The van der Waals surface area contributed by atoms with Gasteiger partial charge in [0.05, 0.1) is 17.6 Å². The molecule has 3 aromatic rings. The molecule has 0 radical (unpaired) electrons. The Kier molecular flexibility index (Phi) is 3.83. The second-order valence-corrected chi connectivity index (χ2v) is 6.83. The minimum atomic E-state index is -3.36. The van der Waals surface area contributed by atoms with Crippen molar-refractivity contribution in [3.63, 3.8) is 0 Å². The Hall–Kier alpha value is -2.74. The van der Waals surface area contributed by atoms with Gasteiger partial charge in [-0.05, 0) is 30.7 Å². The van der Waals surface area contributed by atoms with E-state index in [2.05, 4.69) is 14.7 Å². The average molecular weight is 331 g/mol. The van der Waals surface area contributed by atoms with Gasteiger partial charge in [0.25, 0.3) is 5.89 Å². The van der Waals surface area contributed by atoms with Gasteiger partial charge in [0.1, 0.15) is 5.52 Å². The number of nitrogens with zero attached hydrogens (tertiary/aromatic N) is 2. The molecule has 0 aliphatic heterocycles. The van der Waals surface area contributed by atoms with Gasteiger partial charge in [-0.3, -0.25) is 14.5 Å². The monoisotopic (exact) mass is 331 g/mol. The number of nitrogens with one attached hydrogen (secondary N) is 1. The summed E-state index contributed by atoms with van der Waals surface area (Å²) >= 11 is 0. The number of oxazole rings is 1. The SMILES string of the molecule is CCS(=O)(=O)Nc1cncc(-c2ccc3nc(C=O)oc3c2)c1. The van der Waals surface area contributed by atoms with Crippen LogP contribution in [0.25, 0.3) is 22.2 Å². The van der Waals surface area contributed by atoms with E-state index in [1.165, 1.54) is 6.20 Å². The van der Waals surface area contributed by atoms with Crippen LogP contribution < -0.4 is 4.72 Å². The summed E-state index contributed by atoms with van der Waals surface area (Å²) in [6, 6.07) is 6.93. The van der Waals surface area contributed by atoms with Crippen molar-refractivity contribution in [2.24, 2.45) is 0 Å². The van der Waals surface area contributed by atoms with E-state index in [0.29, 0.717) is 28.6 Å². The Morgan fingerprint density at radius 2 is 2.04 bits per heavy atom. The van der Waals surface area contributed by atoms with E-state index < -0.39 is 10.0 Å². The Bertz CT molecular complexity index is 979. The lowest BCUT2D eigenvalue weighted by atomic mass is 10.1. The fraction of sp³-hybridized carbons (Fsp3) is 0.133. The van der Waals surface area contributed by atoms with Gasteiger partial charge in [-0.2, -0.15) is 0 Å². The van der Waals surface area contributed by atoms with Gasteiger partial charge < -0.3 is 4.42 Å². The Labute approximate surface area is 132 Å². The molecule has 2 heterocycles. The molecule has 7 nitrogen and oxygen atoms in total. The average Bonchev–Trinajstić information content (AvgIpc) is 2.97. The lowest BCUT2D eigenvalue weighted by Crippen LogP contribution is -2.14. The summed E-state index contributed by atoms with van der Waals surface area (Å²) in [4.78, 5) is 18.8. The quantitative estimate of drug-likeness (QED) is 0.721. The van der Waals surface area contributed by atoms with Crippen molar-refractivity contribution in [3.05, 3.63) is 42.5 Å². The maximum Gasteiger partial charge on any atom is 0.260 e. The molecule has 8 heteroatoms. The molecule has 0 aliphatic rings. The molecule has 3 rings (SSSR count). The molecule has 0 bridgehead atoms. The summed E-state index contributed by atoms with van der Waals surface area (Å²) in [6.07, 6.45) is 3.59. The van der Waals surface area contributed by atoms with E-state index in [1.54, 1.807) is 37.4 Å². The molecule has 1 N–H and O–H groups in total. The topological polar surface area (TPSA) is 102 Å². The van der Waals surface area contributed by atoms with Gasteiger partial charge in [0, 0.05) is 11.8 Å². The zero-order valence-electron chi connectivity index (χ0n) is 12.2. The molecule has 0 amide bonds. The normalized spacial score (nSPS) is 11.5. The number of sulfonamides is 1. The minimum absolute atomic E-state index is 0.0136. The molecule has 118 valence electrons. The van der Waals surface area contributed by atoms with Gasteiger partial charge in [0.15, 0.2) is 5.58 Å². The van der Waals surface area contributed by atoms with Crippen LogP contribution in [0.3, 0.4) is 0 Å². The van der Waals surface area contributed by atoms with Crippen molar-refractivity contribution >= 4 is 33.1 Å². The molecule has 0 aliphatic carbocycles. The fourth-order valence-corrected chi connectivity index (χ4v) is 2.69. The number of aromatic nitrogens is 2. The molecule has 0 saturated carbocycles. The Morgan fingerprint density at radius 3 is 2.78 bits per heavy atom. The molecule has 0 saturated heterocycles. The van der Waals surface area contributed by atoms with Gasteiger partial charge in [-0.25, -0.2) is 13.4 Å². The van der Waals surface area contributed by atoms with Crippen molar-refractivity contribution in [2.45, 2.75) is 6.92 Å². The number of carbonyl (C=O) groups is 1. The Morgan fingerprint density at radius 1 is 1.22 bits per heavy atom. The van der Waals surface area contributed by atoms with Gasteiger partial charge in [0.2, 0.25) is 16.3 Å². The van der Waals surface area contributed by atoms with Crippen LogP contribution in [-0.4, -0.2) is 30.4 Å². The van der Waals surface area contributed by atoms with Crippen molar-refractivity contribution in [1.29, 1.82) is 0 Å². The molecule has 0 unspecified atom stereocenters. The molecule has 0 atom stereocenters. The lowest BCUT2D eigenvalue weighted by Gasteiger charge is -2.07. The van der Waals surface area contributed by atoms with Crippen LogP contribution >= 0.6 is 0 Å². The number of aldehydes is 1. The first-order valence-corrected chi connectivity index (χ1v) is 8.47. The van der Waals surface area contributed by atoms with E-state index in [1.807, 2.05) is 0 Å². The van der Waals surface area contributed by atoms with Gasteiger partial charge in [-0.15, -0.1) is 0 Å². The zero-order valence-corrected chi connectivity index (χ0v) is 13.0. The highest BCUT2D eigenvalue weighted by Gasteiger charge is 2.10. The first-order chi connectivity index (χ1) is 11.0. The molecule has 0 fully saturated rings. The molecule has 2 aromatic heterocycles. The number of carbonyl (C=O) groups excluding carboxylic acids is 1. The molecular weight excluding hydrogens is 318 g/mol. The standard InChI is InChI=1S/C15H13N3O4S/c1-2-23(20,21)18-12-5-11(7-16-8-12)10-3-4-13-14(6-10)22-15(9-19)17-13/h3-9,18H,2H2,1H3. The second kappa shape index (κ2) is 5.81. The number of anilines is 1. The van der Waals surface area contributed by atoms with Gasteiger partial charge in [-0.1, -0.05) is 6.07 Å². The first-order valence-electron chi connectivity index (χ1n) is 6.82. The molecule has 23 heavy (non-hydrogen) atoms. The summed E-state index contributed by atoms with van der Waals surface area (Å²) in [5.41, 5.74) is 2.93. The summed E-state index contributed by atoms with van der Waals surface area (Å²) in [6.45, 7) is 1.56. The highest BCUT2D eigenvalue weighted by molar-refractivity contribution is 7.92. The summed E-state index contributed by atoms with van der Waals surface area (Å²) < 4.78 is 31.0. The maximum absolute atomic E-state index is 11.6. The minimum Gasteiger partial charge on any atom is -0.434 e. The fourth-order valence-electron chi connectivity index (χ4n) is 2.08. The van der Waals surface area contributed by atoms with E-state index in [4.69, 9.17) is 4.42 Å². The third-order valence-electron chi connectivity index (χ3n) is 3.23. The van der Waals surface area contributed by atoms with Crippen LogP contribution in [0.5, 0.6) is 0 Å². The number of rotatable bonds is 5. The van der Waals surface area contributed by atoms with E-state index >= 15 is 0 Å². The number of pyridine rings is 1. The third-order valence-corrected chi connectivity index (χ3v) is 4.54. The van der Waals surface area contributed by atoms with Crippen LogP contribution in [0.15, 0.2) is 41.1 Å². The van der Waals surface area contributed by atoms with Gasteiger partial charge >= 0.3 is 0 Å². The highest BCUT2D eigenvalue weighted by Crippen LogP contribution is 2.26. The van der Waals surface area contributed by atoms with Crippen molar-refractivity contribution in [1.82, 2.24) is 9.97 Å². The van der Waals surface area contributed by atoms with Crippen molar-refractivity contribution in [2.75, 3.05) is 10.5 Å². The van der Waals surface area contributed by atoms with E-state index in [-0.39, 0.29) is 11.6 Å². The summed E-state index contributed by atoms with van der Waals surface area (Å²) in [5.74, 6) is -0.00449. The number of benzene rings is 1. The number of hydrogen-bond acceptors (Lipinski definition) is 6. The Balaban J connectivity index is 1.99. The van der Waals surface area contributed by atoms with Crippen LogP contribution in [0.1, 0.15) is 17.6 Å². The van der Waals surface area contributed by atoms with E-state index in [0.717, 1.165) is 5.56 Å². The van der Waals surface area contributed by atoms with Crippen LogP contribution in [0, 0.1) is 0 Å². The second-order valence-electron chi connectivity index (χ2n) is 4.82. The lowest BCUT2D eigenvalue weighted by molar-refractivity contribution is 0.109. The van der Waals surface area contributed by atoms with Crippen LogP contribution in [-0.2, 0) is 10.0 Å². The van der Waals surface area contributed by atoms with Crippen molar-refractivity contribution in [3.8, 4) is 11.1 Å². The first kappa shape index (κ1) is 15.2. The van der Waals surface area contributed by atoms with E-state index in [9.17, 15) is 13.2 Å². The summed E-state index contributed by atoms with van der Waals surface area (Å²) in [5, 5.41) is 0. The smallest absolute Gasteiger partial charge is 0.260 e. The predicted octanol–water partition coefficient (Wildman–Crippen LogP) is 2.46. The highest BCUT2D eigenvalue weighted by atomic mass is 32.2.